The van der Waals surface area contributed by atoms with Crippen LogP contribution in [0.5, 0.6) is 0 Å². The van der Waals surface area contributed by atoms with E-state index in [1.807, 2.05) is 0 Å². The standard InChI is InChI=1S/C11H18N2O2/c14-12-8-11-3-1-4-13(11)10-2-5-15-7-9(10)6-11/h9-10H,1-8H2. The summed E-state index contributed by atoms with van der Waals surface area (Å²) in [5, 5.41) is 3.18. The van der Waals surface area contributed by atoms with Gasteiger partial charge < -0.3 is 4.74 Å². The molecule has 0 aromatic rings. The van der Waals surface area contributed by atoms with Gasteiger partial charge in [0.05, 0.1) is 13.2 Å². The molecule has 0 aliphatic carbocycles. The molecule has 3 aliphatic heterocycles. The number of hydrogen-bond donors (Lipinski definition) is 0. The van der Waals surface area contributed by atoms with E-state index in [4.69, 9.17) is 4.74 Å². The topological polar surface area (TPSA) is 41.9 Å². The Morgan fingerprint density at radius 3 is 3.33 bits per heavy atom. The van der Waals surface area contributed by atoms with Crippen LogP contribution >= 0.6 is 0 Å². The van der Waals surface area contributed by atoms with Gasteiger partial charge in [0.1, 0.15) is 0 Å². The maximum absolute atomic E-state index is 10.6. The summed E-state index contributed by atoms with van der Waals surface area (Å²) in [6.07, 6.45) is 4.67. The van der Waals surface area contributed by atoms with Crippen LogP contribution < -0.4 is 0 Å². The Kier molecular flexibility index (Phi) is 2.29. The first-order chi connectivity index (χ1) is 7.36. The molecule has 0 aromatic carbocycles. The highest BCUT2D eigenvalue weighted by molar-refractivity contribution is 5.09. The molecule has 3 saturated heterocycles. The van der Waals surface area contributed by atoms with Gasteiger partial charge in [-0.25, -0.2) is 0 Å². The first kappa shape index (κ1) is 9.73. The smallest absolute Gasteiger partial charge is 0.0995 e. The Morgan fingerprint density at radius 1 is 1.53 bits per heavy atom. The molecule has 0 bridgehead atoms. The van der Waals surface area contributed by atoms with Gasteiger partial charge in [-0.3, -0.25) is 4.90 Å². The minimum Gasteiger partial charge on any atom is -0.381 e. The lowest BCUT2D eigenvalue weighted by atomic mass is 9.88. The molecule has 3 atom stereocenters. The average Bonchev–Trinajstić information content (AvgIpc) is 2.73. The highest BCUT2D eigenvalue weighted by Gasteiger charge is 2.54. The van der Waals surface area contributed by atoms with E-state index in [2.05, 4.69) is 10.1 Å². The molecule has 0 saturated carbocycles. The fourth-order valence-electron chi connectivity index (χ4n) is 3.93. The van der Waals surface area contributed by atoms with E-state index >= 15 is 0 Å². The van der Waals surface area contributed by atoms with Crippen LogP contribution in [-0.2, 0) is 4.74 Å². The van der Waals surface area contributed by atoms with Crippen LogP contribution in [0.25, 0.3) is 0 Å². The fourth-order valence-corrected chi connectivity index (χ4v) is 3.93. The highest BCUT2D eigenvalue weighted by Crippen LogP contribution is 2.47. The predicted molar refractivity (Wildman–Crippen MR) is 56.7 cm³/mol. The van der Waals surface area contributed by atoms with E-state index in [0.29, 0.717) is 18.5 Å². The van der Waals surface area contributed by atoms with Crippen LogP contribution in [0.3, 0.4) is 0 Å². The summed E-state index contributed by atoms with van der Waals surface area (Å²) in [6, 6.07) is 0.669. The van der Waals surface area contributed by atoms with Crippen molar-refractivity contribution in [3.8, 4) is 0 Å². The third kappa shape index (κ3) is 1.35. The Labute approximate surface area is 89.9 Å². The van der Waals surface area contributed by atoms with Gasteiger partial charge in [0.25, 0.3) is 0 Å². The maximum atomic E-state index is 10.6. The second-order valence-corrected chi connectivity index (χ2v) is 5.20. The number of ether oxygens (including phenoxy) is 1. The van der Waals surface area contributed by atoms with Crippen LogP contribution in [0.1, 0.15) is 25.7 Å². The van der Waals surface area contributed by atoms with Gasteiger partial charge in [-0.2, -0.15) is 4.91 Å². The molecule has 3 unspecified atom stereocenters. The van der Waals surface area contributed by atoms with E-state index in [9.17, 15) is 4.91 Å². The molecule has 0 spiro atoms. The second-order valence-electron chi connectivity index (χ2n) is 5.20. The Balaban J connectivity index is 1.85. The minimum absolute atomic E-state index is 0.116. The van der Waals surface area contributed by atoms with Crippen molar-refractivity contribution in [2.24, 2.45) is 11.1 Å². The van der Waals surface area contributed by atoms with Crippen LogP contribution in [0.4, 0.5) is 0 Å². The van der Waals surface area contributed by atoms with Gasteiger partial charge in [-0.15, -0.1) is 0 Å². The number of rotatable bonds is 2. The molecule has 3 fully saturated rings. The summed E-state index contributed by atoms with van der Waals surface area (Å²) >= 11 is 0. The molecule has 0 aromatic heterocycles. The summed E-state index contributed by atoms with van der Waals surface area (Å²) in [7, 11) is 0. The van der Waals surface area contributed by atoms with Gasteiger partial charge in [0.2, 0.25) is 0 Å². The summed E-state index contributed by atoms with van der Waals surface area (Å²) in [5.74, 6) is 0.654. The van der Waals surface area contributed by atoms with Crippen LogP contribution in [-0.4, -0.2) is 42.8 Å². The zero-order valence-electron chi connectivity index (χ0n) is 9.02. The van der Waals surface area contributed by atoms with Crippen molar-refractivity contribution in [1.29, 1.82) is 0 Å². The number of nitrogens with zero attached hydrogens (tertiary/aromatic N) is 2. The number of hydrogen-bond acceptors (Lipinski definition) is 4. The summed E-state index contributed by atoms with van der Waals surface area (Å²) in [6.45, 7) is 3.43. The quantitative estimate of drug-likeness (QED) is 0.647. The van der Waals surface area contributed by atoms with Crippen molar-refractivity contribution in [1.82, 2.24) is 4.90 Å². The largest absolute Gasteiger partial charge is 0.381 e. The minimum atomic E-state index is 0.116. The van der Waals surface area contributed by atoms with Crippen molar-refractivity contribution in [2.75, 3.05) is 26.3 Å². The zero-order valence-corrected chi connectivity index (χ0v) is 9.02. The van der Waals surface area contributed by atoms with Crippen molar-refractivity contribution < 1.29 is 4.74 Å². The fraction of sp³-hybridized carbons (Fsp3) is 1.00. The molecular formula is C11H18N2O2. The molecular weight excluding hydrogens is 192 g/mol. The highest BCUT2D eigenvalue weighted by atomic mass is 16.5. The van der Waals surface area contributed by atoms with Crippen LogP contribution in [0.15, 0.2) is 5.18 Å². The lowest BCUT2D eigenvalue weighted by molar-refractivity contribution is 0.0198. The summed E-state index contributed by atoms with van der Waals surface area (Å²) < 4.78 is 5.54. The molecule has 3 rings (SSSR count). The van der Waals surface area contributed by atoms with Crippen molar-refractivity contribution in [3.05, 3.63) is 4.91 Å². The molecule has 3 heterocycles. The third-order valence-corrected chi connectivity index (χ3v) is 4.49. The van der Waals surface area contributed by atoms with Crippen molar-refractivity contribution in [3.63, 3.8) is 0 Å². The van der Waals surface area contributed by atoms with E-state index in [0.717, 1.165) is 39.0 Å². The first-order valence-electron chi connectivity index (χ1n) is 5.99. The van der Waals surface area contributed by atoms with Gasteiger partial charge in [0.15, 0.2) is 0 Å². The van der Waals surface area contributed by atoms with Gasteiger partial charge in [-0.05, 0) is 38.1 Å². The lowest BCUT2D eigenvalue weighted by Gasteiger charge is -2.34. The SMILES string of the molecule is O=NCC12CCCN1C1CCOCC1C2. The van der Waals surface area contributed by atoms with Crippen LogP contribution in [0, 0.1) is 10.8 Å². The zero-order chi connectivity index (χ0) is 10.3. The van der Waals surface area contributed by atoms with E-state index < -0.39 is 0 Å². The molecule has 4 nitrogen and oxygen atoms in total. The third-order valence-electron chi connectivity index (χ3n) is 4.49. The van der Waals surface area contributed by atoms with Crippen LogP contribution in [0.2, 0.25) is 0 Å². The van der Waals surface area contributed by atoms with E-state index in [1.165, 1.54) is 6.42 Å². The molecule has 84 valence electrons. The monoisotopic (exact) mass is 210 g/mol. The predicted octanol–water partition coefficient (Wildman–Crippen LogP) is 1.40. The molecule has 15 heavy (non-hydrogen) atoms. The number of nitroso groups, excluding NO2 is 1. The first-order valence-corrected chi connectivity index (χ1v) is 5.99. The molecule has 0 amide bonds. The second kappa shape index (κ2) is 3.52. The van der Waals surface area contributed by atoms with Gasteiger partial charge >= 0.3 is 0 Å². The molecule has 3 aliphatic rings. The Morgan fingerprint density at radius 2 is 2.47 bits per heavy atom. The number of fused-ring (bicyclic) bond motifs is 3. The Bertz CT molecular complexity index is 271. The van der Waals surface area contributed by atoms with Gasteiger partial charge in [-0.1, -0.05) is 5.18 Å². The summed E-state index contributed by atoms with van der Waals surface area (Å²) in [4.78, 5) is 13.2. The van der Waals surface area contributed by atoms with Crippen molar-refractivity contribution >= 4 is 0 Å². The normalized spacial score (nSPS) is 45.1. The Hall–Kier alpha value is -0.480. The van der Waals surface area contributed by atoms with E-state index in [-0.39, 0.29) is 5.54 Å². The summed E-state index contributed by atoms with van der Waals surface area (Å²) in [5.41, 5.74) is 0.116. The molecule has 0 radical (unpaired) electrons. The van der Waals surface area contributed by atoms with E-state index in [1.54, 1.807) is 0 Å². The van der Waals surface area contributed by atoms with Gasteiger partial charge in [0, 0.05) is 18.2 Å². The maximum Gasteiger partial charge on any atom is 0.0995 e. The lowest BCUT2D eigenvalue weighted by Crippen LogP contribution is -2.46. The molecule has 4 heteroatoms. The van der Waals surface area contributed by atoms with Crippen molar-refractivity contribution in [2.45, 2.75) is 37.3 Å². The molecule has 0 N–H and O–H groups in total. The average molecular weight is 210 g/mol.